The van der Waals surface area contributed by atoms with Crippen molar-refractivity contribution in [1.29, 1.82) is 0 Å². The zero-order valence-corrected chi connectivity index (χ0v) is 12.4. The Kier molecular flexibility index (Phi) is 3.84. The van der Waals surface area contributed by atoms with Crippen molar-refractivity contribution >= 4 is 27.5 Å². The fourth-order valence-electron chi connectivity index (χ4n) is 2.40. The first-order valence-electron chi connectivity index (χ1n) is 6.54. The maximum atomic E-state index is 12.0. The second-order valence-corrected chi connectivity index (χ2v) is 5.59. The molecule has 3 rings (SSSR count). The van der Waals surface area contributed by atoms with E-state index >= 15 is 0 Å². The van der Waals surface area contributed by atoms with E-state index in [0.717, 1.165) is 35.2 Å². The number of imidazole rings is 1. The number of benzene rings is 1. The fourth-order valence-corrected chi connectivity index (χ4v) is 2.99. The standard InChI is InChI=1S/C14H15BrN4O/c15-10-3-1-4-11-12(10)13(14(20)18-11)17-5-2-7-19-8-6-16-9-19/h1,3-4,6,8-9,13,17H,2,5,7H2,(H,18,20). The summed E-state index contributed by atoms with van der Waals surface area (Å²) in [5, 5.41) is 6.21. The lowest BCUT2D eigenvalue weighted by Gasteiger charge is -2.12. The van der Waals surface area contributed by atoms with Crippen molar-refractivity contribution in [3.05, 3.63) is 47.0 Å². The van der Waals surface area contributed by atoms with Crippen molar-refractivity contribution in [2.24, 2.45) is 0 Å². The van der Waals surface area contributed by atoms with Gasteiger partial charge in [0.25, 0.3) is 0 Å². The lowest BCUT2D eigenvalue weighted by atomic mass is 10.1. The van der Waals surface area contributed by atoms with E-state index < -0.39 is 0 Å². The van der Waals surface area contributed by atoms with Crippen LogP contribution in [-0.4, -0.2) is 22.0 Å². The topological polar surface area (TPSA) is 59.0 Å². The van der Waals surface area contributed by atoms with E-state index in [1.165, 1.54) is 0 Å². The molecule has 1 aromatic heterocycles. The number of hydrogen-bond donors (Lipinski definition) is 2. The minimum Gasteiger partial charge on any atom is -0.337 e. The second-order valence-electron chi connectivity index (χ2n) is 4.73. The molecule has 0 radical (unpaired) electrons. The monoisotopic (exact) mass is 334 g/mol. The number of aryl methyl sites for hydroxylation is 1. The number of carbonyl (C=O) groups is 1. The molecule has 6 heteroatoms. The van der Waals surface area contributed by atoms with Crippen LogP contribution in [0.25, 0.3) is 0 Å². The van der Waals surface area contributed by atoms with Crippen LogP contribution in [0.3, 0.4) is 0 Å². The third-order valence-corrected chi connectivity index (χ3v) is 4.05. The molecule has 1 unspecified atom stereocenters. The number of fused-ring (bicyclic) bond motifs is 1. The predicted octanol–water partition coefficient (Wildman–Crippen LogP) is 2.32. The summed E-state index contributed by atoms with van der Waals surface area (Å²) in [6.07, 6.45) is 6.45. The van der Waals surface area contributed by atoms with Crippen molar-refractivity contribution in [2.45, 2.75) is 19.0 Å². The number of carbonyl (C=O) groups excluding carboxylic acids is 1. The van der Waals surface area contributed by atoms with Crippen molar-refractivity contribution in [2.75, 3.05) is 11.9 Å². The first-order valence-corrected chi connectivity index (χ1v) is 7.33. The maximum Gasteiger partial charge on any atom is 0.246 e. The van der Waals surface area contributed by atoms with Gasteiger partial charge in [0.1, 0.15) is 6.04 Å². The molecule has 2 heterocycles. The molecular weight excluding hydrogens is 320 g/mol. The van der Waals surface area contributed by atoms with E-state index in [4.69, 9.17) is 0 Å². The van der Waals surface area contributed by atoms with Gasteiger partial charge < -0.3 is 15.2 Å². The first-order chi connectivity index (χ1) is 9.75. The molecule has 0 fully saturated rings. The van der Waals surface area contributed by atoms with Crippen LogP contribution in [0.1, 0.15) is 18.0 Å². The average Bonchev–Trinajstić information content (AvgIpc) is 3.03. The van der Waals surface area contributed by atoms with E-state index in [9.17, 15) is 4.79 Å². The van der Waals surface area contributed by atoms with Gasteiger partial charge in [-0.25, -0.2) is 4.98 Å². The highest BCUT2D eigenvalue weighted by Gasteiger charge is 2.31. The molecule has 0 bridgehead atoms. The number of anilines is 1. The Morgan fingerprint density at radius 2 is 2.35 bits per heavy atom. The molecule has 2 aromatic rings. The van der Waals surface area contributed by atoms with Crippen LogP contribution in [0, 0.1) is 0 Å². The number of nitrogens with one attached hydrogen (secondary N) is 2. The van der Waals surface area contributed by atoms with Gasteiger partial charge in [-0.15, -0.1) is 0 Å². The molecule has 1 aliphatic heterocycles. The molecule has 0 saturated heterocycles. The molecule has 0 spiro atoms. The Hall–Kier alpha value is -1.66. The number of aromatic nitrogens is 2. The normalized spacial score (nSPS) is 17.1. The molecule has 20 heavy (non-hydrogen) atoms. The summed E-state index contributed by atoms with van der Waals surface area (Å²) in [7, 11) is 0. The Labute approximate surface area is 125 Å². The van der Waals surface area contributed by atoms with Crippen LogP contribution >= 0.6 is 15.9 Å². The van der Waals surface area contributed by atoms with Crippen molar-refractivity contribution < 1.29 is 4.79 Å². The lowest BCUT2D eigenvalue weighted by molar-refractivity contribution is -0.117. The summed E-state index contributed by atoms with van der Waals surface area (Å²) >= 11 is 3.51. The molecule has 1 atom stereocenters. The number of rotatable bonds is 5. The molecule has 2 N–H and O–H groups in total. The van der Waals surface area contributed by atoms with Crippen LogP contribution in [0.4, 0.5) is 5.69 Å². The van der Waals surface area contributed by atoms with Gasteiger partial charge in [-0.2, -0.15) is 0 Å². The summed E-state index contributed by atoms with van der Waals surface area (Å²) in [4.78, 5) is 16.0. The zero-order valence-electron chi connectivity index (χ0n) is 10.8. The van der Waals surface area contributed by atoms with E-state index in [-0.39, 0.29) is 11.9 Å². The lowest BCUT2D eigenvalue weighted by Crippen LogP contribution is -2.29. The summed E-state index contributed by atoms with van der Waals surface area (Å²) < 4.78 is 2.99. The van der Waals surface area contributed by atoms with Gasteiger partial charge in [0.15, 0.2) is 0 Å². The summed E-state index contributed by atoms with van der Waals surface area (Å²) in [6.45, 7) is 1.67. The van der Waals surface area contributed by atoms with Crippen molar-refractivity contribution in [3.63, 3.8) is 0 Å². The second kappa shape index (κ2) is 5.76. The van der Waals surface area contributed by atoms with Crippen molar-refractivity contribution in [3.8, 4) is 0 Å². The van der Waals surface area contributed by atoms with Crippen LogP contribution < -0.4 is 10.6 Å². The molecule has 1 amide bonds. The Balaban J connectivity index is 1.60. The molecule has 104 valence electrons. The largest absolute Gasteiger partial charge is 0.337 e. The fraction of sp³-hybridized carbons (Fsp3) is 0.286. The molecule has 5 nitrogen and oxygen atoms in total. The summed E-state index contributed by atoms with van der Waals surface area (Å²) in [6, 6.07) is 5.53. The van der Waals surface area contributed by atoms with Gasteiger partial charge in [-0.3, -0.25) is 4.79 Å². The summed E-state index contributed by atoms with van der Waals surface area (Å²) in [5.74, 6) is 0.00882. The van der Waals surface area contributed by atoms with E-state index in [1.54, 1.807) is 12.5 Å². The number of amides is 1. The minimum absolute atomic E-state index is 0.00882. The quantitative estimate of drug-likeness (QED) is 0.825. The van der Waals surface area contributed by atoms with Crippen molar-refractivity contribution in [1.82, 2.24) is 14.9 Å². The Morgan fingerprint density at radius 3 is 3.15 bits per heavy atom. The molecule has 0 saturated carbocycles. The number of nitrogens with zero attached hydrogens (tertiary/aromatic N) is 2. The van der Waals surface area contributed by atoms with Gasteiger partial charge in [-0.1, -0.05) is 22.0 Å². The molecule has 0 aliphatic carbocycles. The first kappa shape index (κ1) is 13.3. The van der Waals surface area contributed by atoms with Gasteiger partial charge in [-0.05, 0) is 25.1 Å². The van der Waals surface area contributed by atoms with Crippen LogP contribution in [0.5, 0.6) is 0 Å². The number of halogens is 1. The highest BCUT2D eigenvalue weighted by Crippen LogP contribution is 2.36. The third-order valence-electron chi connectivity index (χ3n) is 3.36. The smallest absolute Gasteiger partial charge is 0.246 e. The van der Waals surface area contributed by atoms with E-state index in [1.807, 2.05) is 29.0 Å². The molecular formula is C14H15BrN4O. The highest BCUT2D eigenvalue weighted by molar-refractivity contribution is 9.10. The Morgan fingerprint density at radius 1 is 1.45 bits per heavy atom. The Bertz CT molecular complexity index is 612. The van der Waals surface area contributed by atoms with Crippen LogP contribution in [0.15, 0.2) is 41.4 Å². The molecule has 1 aromatic carbocycles. The van der Waals surface area contributed by atoms with E-state index in [2.05, 4.69) is 31.5 Å². The maximum absolute atomic E-state index is 12.0. The van der Waals surface area contributed by atoms with Gasteiger partial charge in [0.05, 0.1) is 6.33 Å². The average molecular weight is 335 g/mol. The van der Waals surface area contributed by atoms with E-state index in [0.29, 0.717) is 0 Å². The van der Waals surface area contributed by atoms with Crippen LogP contribution in [-0.2, 0) is 11.3 Å². The highest BCUT2D eigenvalue weighted by atomic mass is 79.9. The zero-order chi connectivity index (χ0) is 13.9. The van der Waals surface area contributed by atoms with Gasteiger partial charge in [0, 0.05) is 34.7 Å². The molecule has 1 aliphatic rings. The predicted molar refractivity (Wildman–Crippen MR) is 80.4 cm³/mol. The summed E-state index contributed by atoms with van der Waals surface area (Å²) in [5.41, 5.74) is 1.89. The van der Waals surface area contributed by atoms with Gasteiger partial charge in [0.2, 0.25) is 5.91 Å². The number of hydrogen-bond acceptors (Lipinski definition) is 3. The van der Waals surface area contributed by atoms with Gasteiger partial charge >= 0.3 is 0 Å². The SMILES string of the molecule is O=C1Nc2cccc(Br)c2C1NCCCn1ccnc1. The minimum atomic E-state index is -0.275. The van der Waals surface area contributed by atoms with Crippen LogP contribution in [0.2, 0.25) is 0 Å². The third kappa shape index (κ3) is 2.62.